The van der Waals surface area contributed by atoms with Crippen molar-refractivity contribution < 1.29 is 9.53 Å². The number of rotatable bonds is 6. The zero-order valence-electron chi connectivity index (χ0n) is 16.1. The van der Waals surface area contributed by atoms with E-state index in [9.17, 15) is 4.79 Å². The van der Waals surface area contributed by atoms with Gasteiger partial charge in [-0.25, -0.2) is 0 Å². The molecule has 3 nitrogen and oxygen atoms in total. The fourth-order valence-corrected chi connectivity index (χ4v) is 3.08. The number of fused-ring (bicyclic) bond motifs is 1. The SMILES string of the molecule is Cc1ccc(OCCCn2cc(C(=O)C(C)(C)C)c3ccccc32)cc1. The summed E-state index contributed by atoms with van der Waals surface area (Å²) in [7, 11) is 0. The van der Waals surface area contributed by atoms with Crippen LogP contribution in [0.4, 0.5) is 0 Å². The molecule has 3 heteroatoms. The fraction of sp³-hybridized carbons (Fsp3) is 0.348. The van der Waals surface area contributed by atoms with Gasteiger partial charge in [0.15, 0.2) is 5.78 Å². The fourth-order valence-electron chi connectivity index (χ4n) is 3.08. The molecule has 0 bridgehead atoms. The van der Waals surface area contributed by atoms with Crippen molar-refractivity contribution in [2.45, 2.75) is 40.7 Å². The monoisotopic (exact) mass is 349 g/mol. The molecule has 2 aromatic carbocycles. The number of hydrogen-bond donors (Lipinski definition) is 0. The van der Waals surface area contributed by atoms with Gasteiger partial charge in [-0.2, -0.15) is 0 Å². The average Bonchev–Trinajstić information content (AvgIpc) is 2.97. The molecule has 0 aliphatic carbocycles. The Labute approximate surface area is 155 Å². The van der Waals surface area contributed by atoms with Crippen LogP contribution in [0.25, 0.3) is 10.9 Å². The van der Waals surface area contributed by atoms with Gasteiger partial charge in [0.05, 0.1) is 6.61 Å². The molecule has 3 rings (SSSR count). The van der Waals surface area contributed by atoms with Crippen LogP contribution in [-0.4, -0.2) is 17.0 Å². The minimum absolute atomic E-state index is 0.184. The van der Waals surface area contributed by atoms with E-state index in [0.29, 0.717) is 6.61 Å². The van der Waals surface area contributed by atoms with E-state index in [0.717, 1.165) is 35.2 Å². The quantitative estimate of drug-likeness (QED) is 0.425. The highest BCUT2D eigenvalue weighted by atomic mass is 16.5. The molecule has 0 radical (unpaired) electrons. The second-order valence-electron chi connectivity index (χ2n) is 7.85. The first-order chi connectivity index (χ1) is 12.4. The normalized spacial score (nSPS) is 11.7. The first-order valence-electron chi connectivity index (χ1n) is 9.18. The number of carbonyl (C=O) groups is 1. The number of carbonyl (C=O) groups excluding carboxylic acids is 1. The van der Waals surface area contributed by atoms with Gasteiger partial charge >= 0.3 is 0 Å². The van der Waals surface area contributed by atoms with E-state index >= 15 is 0 Å². The van der Waals surface area contributed by atoms with Crippen molar-refractivity contribution in [3.63, 3.8) is 0 Å². The van der Waals surface area contributed by atoms with E-state index < -0.39 is 0 Å². The van der Waals surface area contributed by atoms with E-state index in [1.165, 1.54) is 5.56 Å². The summed E-state index contributed by atoms with van der Waals surface area (Å²) < 4.78 is 8.00. The van der Waals surface area contributed by atoms with Crippen LogP contribution in [0.5, 0.6) is 5.75 Å². The lowest BCUT2D eigenvalue weighted by Gasteiger charge is -2.15. The number of para-hydroxylation sites is 1. The number of ketones is 1. The van der Waals surface area contributed by atoms with Gasteiger partial charge < -0.3 is 9.30 Å². The zero-order chi connectivity index (χ0) is 18.7. The Bertz CT molecular complexity index is 898. The van der Waals surface area contributed by atoms with Crippen molar-refractivity contribution in [2.75, 3.05) is 6.61 Å². The van der Waals surface area contributed by atoms with Crippen LogP contribution in [-0.2, 0) is 6.54 Å². The first-order valence-corrected chi connectivity index (χ1v) is 9.18. The van der Waals surface area contributed by atoms with Gasteiger partial charge in [0.25, 0.3) is 0 Å². The van der Waals surface area contributed by atoms with Gasteiger partial charge in [-0.05, 0) is 31.5 Å². The van der Waals surface area contributed by atoms with Gasteiger partial charge in [0.1, 0.15) is 5.75 Å². The summed E-state index contributed by atoms with van der Waals surface area (Å²) in [5.74, 6) is 1.08. The summed E-state index contributed by atoms with van der Waals surface area (Å²) in [4.78, 5) is 12.8. The third-order valence-corrected chi connectivity index (χ3v) is 4.55. The number of aryl methyl sites for hydroxylation is 2. The van der Waals surface area contributed by atoms with Crippen molar-refractivity contribution >= 4 is 16.7 Å². The molecule has 0 spiro atoms. The van der Waals surface area contributed by atoms with Crippen LogP contribution in [0.2, 0.25) is 0 Å². The van der Waals surface area contributed by atoms with Crippen LogP contribution in [0, 0.1) is 12.3 Å². The van der Waals surface area contributed by atoms with Gasteiger partial charge in [0.2, 0.25) is 0 Å². The number of nitrogens with zero attached hydrogens (tertiary/aromatic N) is 1. The van der Waals surface area contributed by atoms with Crippen molar-refractivity contribution in [3.8, 4) is 5.75 Å². The van der Waals surface area contributed by atoms with Gasteiger partial charge in [-0.15, -0.1) is 0 Å². The molecule has 0 unspecified atom stereocenters. The van der Waals surface area contributed by atoms with Crippen LogP contribution in [0.1, 0.15) is 43.1 Å². The Hall–Kier alpha value is -2.55. The Kier molecular flexibility index (Phi) is 5.17. The van der Waals surface area contributed by atoms with Crippen LogP contribution < -0.4 is 4.74 Å². The molecule has 0 saturated heterocycles. The van der Waals surface area contributed by atoms with E-state index in [4.69, 9.17) is 4.74 Å². The van der Waals surface area contributed by atoms with Gasteiger partial charge in [-0.1, -0.05) is 56.7 Å². The Balaban J connectivity index is 1.72. The smallest absolute Gasteiger partial charge is 0.170 e. The second-order valence-corrected chi connectivity index (χ2v) is 7.85. The summed E-state index contributed by atoms with van der Waals surface area (Å²) in [5, 5.41) is 1.03. The molecule has 136 valence electrons. The third-order valence-electron chi connectivity index (χ3n) is 4.55. The summed E-state index contributed by atoms with van der Waals surface area (Å²) in [5.41, 5.74) is 2.76. The minimum Gasteiger partial charge on any atom is -0.494 e. The lowest BCUT2D eigenvalue weighted by molar-refractivity contribution is 0.0860. The summed E-state index contributed by atoms with van der Waals surface area (Å²) in [6, 6.07) is 16.2. The first kappa shape index (κ1) is 18.2. The van der Waals surface area contributed by atoms with Crippen LogP contribution in [0.3, 0.4) is 0 Å². The van der Waals surface area contributed by atoms with Gasteiger partial charge in [-0.3, -0.25) is 4.79 Å². The summed E-state index contributed by atoms with van der Waals surface area (Å²) in [6.45, 7) is 9.45. The largest absolute Gasteiger partial charge is 0.494 e. The average molecular weight is 349 g/mol. The summed E-state index contributed by atoms with van der Waals surface area (Å²) in [6.07, 6.45) is 2.89. The van der Waals surface area contributed by atoms with Crippen LogP contribution >= 0.6 is 0 Å². The maximum absolute atomic E-state index is 12.8. The van der Waals surface area contributed by atoms with Crippen molar-refractivity contribution in [1.82, 2.24) is 4.57 Å². The highest BCUT2D eigenvalue weighted by Gasteiger charge is 2.26. The highest BCUT2D eigenvalue weighted by Crippen LogP contribution is 2.28. The van der Waals surface area contributed by atoms with E-state index in [2.05, 4.69) is 29.7 Å². The Morgan fingerprint density at radius 3 is 2.42 bits per heavy atom. The van der Waals surface area contributed by atoms with Crippen molar-refractivity contribution in [1.29, 1.82) is 0 Å². The van der Waals surface area contributed by atoms with E-state index in [1.54, 1.807) is 0 Å². The van der Waals surface area contributed by atoms with Crippen molar-refractivity contribution in [3.05, 3.63) is 65.9 Å². The van der Waals surface area contributed by atoms with Gasteiger partial charge in [0, 0.05) is 34.6 Å². The number of aromatic nitrogens is 1. The molecular weight excluding hydrogens is 322 g/mol. The topological polar surface area (TPSA) is 31.2 Å². The number of hydrogen-bond acceptors (Lipinski definition) is 2. The third kappa shape index (κ3) is 3.98. The molecule has 3 aromatic rings. The second kappa shape index (κ2) is 7.36. The van der Waals surface area contributed by atoms with E-state index in [1.807, 2.05) is 57.3 Å². The highest BCUT2D eigenvalue weighted by molar-refractivity contribution is 6.10. The van der Waals surface area contributed by atoms with Crippen molar-refractivity contribution in [2.24, 2.45) is 5.41 Å². The standard InChI is InChI=1S/C23H27NO2/c1-17-10-12-18(13-11-17)26-15-7-14-24-16-20(22(25)23(2,3)4)19-8-5-6-9-21(19)24/h5-6,8-13,16H,7,14-15H2,1-4H3. The lowest BCUT2D eigenvalue weighted by atomic mass is 9.86. The predicted octanol–water partition coefficient (Wildman–Crippen LogP) is 5.65. The zero-order valence-corrected chi connectivity index (χ0v) is 16.1. The molecule has 0 N–H and O–H groups in total. The molecule has 0 aliphatic rings. The minimum atomic E-state index is -0.385. The number of Topliss-reactive ketones (excluding diaryl/α,β-unsaturated/α-hetero) is 1. The molecule has 0 aliphatic heterocycles. The molecule has 1 heterocycles. The summed E-state index contributed by atoms with van der Waals surface area (Å²) >= 11 is 0. The number of ether oxygens (including phenoxy) is 1. The molecular formula is C23H27NO2. The molecule has 0 fully saturated rings. The Morgan fingerprint density at radius 2 is 1.73 bits per heavy atom. The molecule has 0 atom stereocenters. The molecule has 1 aromatic heterocycles. The lowest BCUT2D eigenvalue weighted by Crippen LogP contribution is -2.19. The number of benzene rings is 2. The molecule has 0 amide bonds. The molecule has 26 heavy (non-hydrogen) atoms. The van der Waals surface area contributed by atoms with E-state index in [-0.39, 0.29) is 11.2 Å². The van der Waals surface area contributed by atoms with Crippen LogP contribution in [0.15, 0.2) is 54.7 Å². The molecule has 0 saturated carbocycles. The maximum atomic E-state index is 12.8. The Morgan fingerprint density at radius 1 is 1.04 bits per heavy atom. The maximum Gasteiger partial charge on any atom is 0.170 e. The predicted molar refractivity (Wildman–Crippen MR) is 107 cm³/mol.